The lowest BCUT2D eigenvalue weighted by atomic mass is 10.2. The molecule has 0 bridgehead atoms. The van der Waals surface area contributed by atoms with Gasteiger partial charge in [0.05, 0.1) is 24.0 Å². The number of aromatic nitrogens is 2. The second-order valence-electron chi connectivity index (χ2n) is 3.80. The summed E-state index contributed by atoms with van der Waals surface area (Å²) in [5.74, 6) is -0.621. The Morgan fingerprint density at radius 3 is 2.89 bits per heavy atom. The quantitative estimate of drug-likeness (QED) is 0.876. The number of rotatable bonds is 4. The Hall–Kier alpha value is -2.50. The van der Waals surface area contributed by atoms with Gasteiger partial charge in [-0.2, -0.15) is 0 Å². The van der Waals surface area contributed by atoms with Crippen LogP contribution in [0.1, 0.15) is 16.1 Å². The van der Waals surface area contributed by atoms with Crippen molar-refractivity contribution in [2.75, 3.05) is 12.4 Å². The first kappa shape index (κ1) is 12.9. The number of carbonyl (C=O) groups is 1. The van der Waals surface area contributed by atoms with Gasteiger partial charge in [-0.15, -0.1) is 0 Å². The van der Waals surface area contributed by atoms with Crippen LogP contribution in [0.25, 0.3) is 0 Å². The topological polar surface area (TPSA) is 66.9 Å². The van der Waals surface area contributed by atoms with E-state index in [0.29, 0.717) is 5.82 Å². The van der Waals surface area contributed by atoms with Crippen molar-refractivity contribution in [3.63, 3.8) is 0 Å². The molecule has 0 unspecified atom stereocenters. The largest absolute Gasteiger partial charge is 0.372 e. The Morgan fingerprint density at radius 2 is 2.21 bits per heavy atom. The molecule has 98 valence electrons. The second-order valence-corrected chi connectivity index (χ2v) is 3.80. The van der Waals surface area contributed by atoms with Crippen molar-refractivity contribution in [2.24, 2.45) is 0 Å². The molecule has 19 heavy (non-hydrogen) atoms. The smallest absolute Gasteiger partial charge is 0.255 e. The summed E-state index contributed by atoms with van der Waals surface area (Å²) >= 11 is 0. The first-order valence-corrected chi connectivity index (χ1v) is 5.72. The summed E-state index contributed by atoms with van der Waals surface area (Å²) in [5, 5.41) is 5.42. The average molecular weight is 260 g/mol. The highest BCUT2D eigenvalue weighted by Crippen LogP contribution is 2.12. The van der Waals surface area contributed by atoms with E-state index in [-0.39, 0.29) is 12.1 Å². The van der Waals surface area contributed by atoms with E-state index in [4.69, 9.17) is 0 Å². The fourth-order valence-electron chi connectivity index (χ4n) is 1.58. The van der Waals surface area contributed by atoms with E-state index in [9.17, 15) is 9.18 Å². The summed E-state index contributed by atoms with van der Waals surface area (Å²) < 4.78 is 13.1. The maximum Gasteiger partial charge on any atom is 0.255 e. The molecule has 0 atom stereocenters. The first-order chi connectivity index (χ1) is 9.20. The number of halogens is 1. The van der Waals surface area contributed by atoms with Crippen LogP contribution in [0.2, 0.25) is 0 Å². The van der Waals surface area contributed by atoms with Gasteiger partial charge < -0.3 is 10.6 Å². The molecule has 2 heterocycles. The molecule has 0 spiro atoms. The Balaban J connectivity index is 2.10. The van der Waals surface area contributed by atoms with E-state index in [1.807, 2.05) is 6.07 Å². The lowest BCUT2D eigenvalue weighted by Crippen LogP contribution is -2.24. The van der Waals surface area contributed by atoms with Crippen molar-refractivity contribution in [3.8, 4) is 0 Å². The van der Waals surface area contributed by atoms with Crippen LogP contribution in [0.4, 0.5) is 10.2 Å². The molecular weight excluding hydrogens is 247 g/mol. The maximum absolute atomic E-state index is 13.1. The van der Waals surface area contributed by atoms with Gasteiger partial charge in [-0.05, 0) is 18.2 Å². The number of nitrogens with zero attached hydrogens (tertiary/aromatic N) is 2. The second kappa shape index (κ2) is 5.90. The lowest BCUT2D eigenvalue weighted by Gasteiger charge is -2.08. The van der Waals surface area contributed by atoms with E-state index in [2.05, 4.69) is 20.6 Å². The van der Waals surface area contributed by atoms with Crippen LogP contribution in [-0.4, -0.2) is 22.9 Å². The van der Waals surface area contributed by atoms with Gasteiger partial charge in [-0.1, -0.05) is 6.07 Å². The fraction of sp³-hybridized carbons (Fsp3) is 0.154. The normalized spacial score (nSPS) is 10.0. The molecule has 6 heteroatoms. The van der Waals surface area contributed by atoms with Crippen LogP contribution >= 0.6 is 0 Å². The Bertz CT molecular complexity index is 574. The highest BCUT2D eigenvalue weighted by atomic mass is 19.1. The molecule has 5 nitrogen and oxygen atoms in total. The number of pyridine rings is 2. The molecule has 0 aliphatic carbocycles. The van der Waals surface area contributed by atoms with Crippen molar-refractivity contribution < 1.29 is 9.18 Å². The zero-order chi connectivity index (χ0) is 13.7. The van der Waals surface area contributed by atoms with Gasteiger partial charge >= 0.3 is 0 Å². The van der Waals surface area contributed by atoms with E-state index in [0.717, 1.165) is 18.0 Å². The number of anilines is 1. The molecule has 0 aromatic carbocycles. The van der Waals surface area contributed by atoms with Crippen LogP contribution in [0, 0.1) is 5.82 Å². The minimum absolute atomic E-state index is 0.165. The Morgan fingerprint density at radius 1 is 1.37 bits per heavy atom. The Kier molecular flexibility index (Phi) is 4.02. The molecule has 2 N–H and O–H groups in total. The predicted molar refractivity (Wildman–Crippen MR) is 69.1 cm³/mol. The summed E-state index contributed by atoms with van der Waals surface area (Å²) in [5.41, 5.74) is 0.893. The minimum Gasteiger partial charge on any atom is -0.372 e. The summed E-state index contributed by atoms with van der Waals surface area (Å²) in [4.78, 5) is 19.9. The standard InChI is InChI=1S/C13H13FN4O/c1-15-12-11(6-9(14)7-17-12)13(19)18-8-10-4-2-3-5-16-10/h2-7H,8H2,1H3,(H,15,17)(H,18,19). The molecular formula is C13H13FN4O. The van der Waals surface area contributed by atoms with Crippen LogP contribution in [0.15, 0.2) is 36.7 Å². The average Bonchev–Trinajstić information content (AvgIpc) is 2.46. The zero-order valence-electron chi connectivity index (χ0n) is 10.4. The number of amides is 1. The van der Waals surface area contributed by atoms with E-state index < -0.39 is 11.7 Å². The summed E-state index contributed by atoms with van der Waals surface area (Å²) in [7, 11) is 1.62. The van der Waals surface area contributed by atoms with Crippen LogP contribution in [-0.2, 0) is 6.54 Å². The van der Waals surface area contributed by atoms with E-state index in [1.165, 1.54) is 0 Å². The summed E-state index contributed by atoms with van der Waals surface area (Å²) in [6, 6.07) is 6.56. The van der Waals surface area contributed by atoms with Crippen molar-refractivity contribution in [3.05, 3.63) is 53.7 Å². The van der Waals surface area contributed by atoms with Gasteiger partial charge in [0.2, 0.25) is 0 Å². The van der Waals surface area contributed by atoms with Crippen molar-refractivity contribution >= 4 is 11.7 Å². The van der Waals surface area contributed by atoms with Gasteiger partial charge in [0, 0.05) is 13.2 Å². The molecule has 0 saturated heterocycles. The van der Waals surface area contributed by atoms with Gasteiger partial charge in [-0.25, -0.2) is 9.37 Å². The van der Waals surface area contributed by atoms with Crippen LogP contribution in [0.5, 0.6) is 0 Å². The molecule has 0 aliphatic heterocycles. The molecule has 0 radical (unpaired) electrons. The SMILES string of the molecule is CNc1ncc(F)cc1C(=O)NCc1ccccn1. The number of hydrogen-bond donors (Lipinski definition) is 2. The third-order valence-corrected chi connectivity index (χ3v) is 2.49. The zero-order valence-corrected chi connectivity index (χ0v) is 10.4. The van der Waals surface area contributed by atoms with Crippen LogP contribution in [0.3, 0.4) is 0 Å². The summed E-state index contributed by atoms with van der Waals surface area (Å²) in [6.07, 6.45) is 2.70. The maximum atomic E-state index is 13.1. The number of hydrogen-bond acceptors (Lipinski definition) is 4. The highest BCUT2D eigenvalue weighted by molar-refractivity contribution is 5.98. The number of nitrogens with one attached hydrogen (secondary N) is 2. The fourth-order valence-corrected chi connectivity index (χ4v) is 1.58. The van der Waals surface area contributed by atoms with Gasteiger partial charge in [0.15, 0.2) is 0 Å². The van der Waals surface area contributed by atoms with Gasteiger partial charge in [0.1, 0.15) is 11.6 Å². The molecule has 1 amide bonds. The molecule has 0 aliphatic rings. The van der Waals surface area contributed by atoms with Crippen molar-refractivity contribution in [1.82, 2.24) is 15.3 Å². The minimum atomic E-state index is -0.554. The summed E-state index contributed by atoms with van der Waals surface area (Å²) in [6.45, 7) is 0.277. The Labute approximate surface area is 109 Å². The molecule has 2 aromatic heterocycles. The van der Waals surface area contributed by atoms with E-state index in [1.54, 1.807) is 25.4 Å². The molecule has 0 fully saturated rings. The van der Waals surface area contributed by atoms with E-state index >= 15 is 0 Å². The lowest BCUT2D eigenvalue weighted by molar-refractivity contribution is 0.0950. The first-order valence-electron chi connectivity index (χ1n) is 5.72. The molecule has 0 saturated carbocycles. The number of carbonyl (C=O) groups excluding carboxylic acids is 1. The van der Waals surface area contributed by atoms with Gasteiger partial charge in [0.25, 0.3) is 5.91 Å². The van der Waals surface area contributed by atoms with Crippen LogP contribution < -0.4 is 10.6 Å². The third-order valence-electron chi connectivity index (χ3n) is 2.49. The third kappa shape index (κ3) is 3.25. The van der Waals surface area contributed by atoms with Crippen molar-refractivity contribution in [2.45, 2.75) is 6.54 Å². The molecule has 2 aromatic rings. The molecule has 2 rings (SSSR count). The monoisotopic (exact) mass is 260 g/mol. The highest BCUT2D eigenvalue weighted by Gasteiger charge is 2.13. The predicted octanol–water partition coefficient (Wildman–Crippen LogP) is 1.59. The van der Waals surface area contributed by atoms with Crippen molar-refractivity contribution in [1.29, 1.82) is 0 Å². The van der Waals surface area contributed by atoms with Gasteiger partial charge in [-0.3, -0.25) is 9.78 Å².